The van der Waals surface area contributed by atoms with Crippen LogP contribution in [-0.4, -0.2) is 41.2 Å². The van der Waals surface area contributed by atoms with Crippen molar-refractivity contribution in [1.29, 1.82) is 0 Å². The summed E-state index contributed by atoms with van der Waals surface area (Å²) in [5, 5.41) is 8.03. The first-order valence-corrected chi connectivity index (χ1v) is 11.2. The van der Waals surface area contributed by atoms with Gasteiger partial charge in [0.05, 0.1) is 29.0 Å². The number of aromatic nitrogens is 2. The molecule has 1 fully saturated rings. The number of sulfone groups is 1. The zero-order chi connectivity index (χ0) is 20.6. The smallest absolute Gasteiger partial charge is 0.274 e. The third-order valence-electron chi connectivity index (χ3n) is 5.18. The SMILES string of the molecule is C[C@]1(NC(=O)c2nn(Cc3ccccc3)c(=O)c3ccccc23)CCS(=O)(=O)C1. The Labute approximate surface area is 168 Å². The summed E-state index contributed by atoms with van der Waals surface area (Å²) >= 11 is 0. The quantitative estimate of drug-likeness (QED) is 0.705. The van der Waals surface area contributed by atoms with Gasteiger partial charge in [-0.2, -0.15) is 5.10 Å². The summed E-state index contributed by atoms with van der Waals surface area (Å²) < 4.78 is 25.0. The maximum atomic E-state index is 13.1. The average molecular weight is 411 g/mol. The van der Waals surface area contributed by atoms with Crippen molar-refractivity contribution in [2.24, 2.45) is 0 Å². The summed E-state index contributed by atoms with van der Waals surface area (Å²) in [6.45, 7) is 1.95. The molecule has 1 saturated heterocycles. The van der Waals surface area contributed by atoms with E-state index < -0.39 is 21.3 Å². The minimum Gasteiger partial charge on any atom is -0.344 e. The van der Waals surface area contributed by atoms with Gasteiger partial charge < -0.3 is 5.32 Å². The van der Waals surface area contributed by atoms with Crippen molar-refractivity contribution in [3.63, 3.8) is 0 Å². The zero-order valence-corrected chi connectivity index (χ0v) is 16.8. The number of nitrogens with one attached hydrogen (secondary N) is 1. The molecule has 1 atom stereocenters. The molecule has 8 heteroatoms. The highest BCUT2D eigenvalue weighted by molar-refractivity contribution is 7.91. The summed E-state index contributed by atoms with van der Waals surface area (Å²) in [6, 6.07) is 16.2. The second-order valence-electron chi connectivity index (χ2n) is 7.70. The number of hydrogen-bond donors (Lipinski definition) is 1. The lowest BCUT2D eigenvalue weighted by molar-refractivity contribution is 0.0910. The number of hydrogen-bond acceptors (Lipinski definition) is 5. The number of benzene rings is 2. The van der Waals surface area contributed by atoms with Crippen molar-refractivity contribution in [1.82, 2.24) is 15.1 Å². The van der Waals surface area contributed by atoms with Gasteiger partial charge in [0.1, 0.15) is 0 Å². The third-order valence-corrected chi connectivity index (χ3v) is 7.08. The van der Waals surface area contributed by atoms with Crippen molar-refractivity contribution in [2.45, 2.75) is 25.4 Å². The molecule has 1 aliphatic rings. The number of rotatable bonds is 4. The molecular formula is C21H21N3O4S. The lowest BCUT2D eigenvalue weighted by Gasteiger charge is -2.24. The second-order valence-corrected chi connectivity index (χ2v) is 9.88. The summed E-state index contributed by atoms with van der Waals surface area (Å²) in [5.74, 6) is -0.540. The van der Waals surface area contributed by atoms with Gasteiger partial charge >= 0.3 is 0 Å². The van der Waals surface area contributed by atoms with Crippen LogP contribution in [0.3, 0.4) is 0 Å². The molecule has 0 saturated carbocycles. The summed E-state index contributed by atoms with van der Waals surface area (Å²) in [5.41, 5.74) is -0.131. The fourth-order valence-corrected chi connectivity index (χ4v) is 5.80. The van der Waals surface area contributed by atoms with E-state index in [-0.39, 0.29) is 29.3 Å². The van der Waals surface area contributed by atoms with Gasteiger partial charge in [-0.1, -0.05) is 48.5 Å². The van der Waals surface area contributed by atoms with E-state index in [1.165, 1.54) is 4.68 Å². The van der Waals surface area contributed by atoms with Crippen molar-refractivity contribution < 1.29 is 13.2 Å². The maximum Gasteiger partial charge on any atom is 0.274 e. The normalized spacial score (nSPS) is 20.6. The van der Waals surface area contributed by atoms with E-state index in [1.807, 2.05) is 30.3 Å². The van der Waals surface area contributed by atoms with Gasteiger partial charge in [-0.15, -0.1) is 0 Å². The molecule has 1 amide bonds. The number of carbonyl (C=O) groups is 1. The van der Waals surface area contributed by atoms with Gasteiger partial charge in [0, 0.05) is 5.39 Å². The highest BCUT2D eigenvalue weighted by Gasteiger charge is 2.40. The van der Waals surface area contributed by atoms with Crippen LogP contribution in [0.25, 0.3) is 10.8 Å². The minimum atomic E-state index is -3.17. The Morgan fingerprint density at radius 1 is 1.10 bits per heavy atom. The van der Waals surface area contributed by atoms with Crippen LogP contribution in [0.2, 0.25) is 0 Å². The predicted molar refractivity (Wildman–Crippen MR) is 111 cm³/mol. The summed E-state index contributed by atoms with van der Waals surface area (Å²) in [4.78, 5) is 26.0. The van der Waals surface area contributed by atoms with E-state index in [4.69, 9.17) is 0 Å². The van der Waals surface area contributed by atoms with Crippen LogP contribution in [0, 0.1) is 0 Å². The molecule has 0 spiro atoms. The summed E-state index contributed by atoms with van der Waals surface area (Å²) in [7, 11) is -3.17. The van der Waals surface area contributed by atoms with Gasteiger partial charge in [-0.05, 0) is 25.0 Å². The zero-order valence-electron chi connectivity index (χ0n) is 16.0. The molecule has 4 rings (SSSR count). The van der Waals surface area contributed by atoms with Crippen molar-refractivity contribution in [2.75, 3.05) is 11.5 Å². The van der Waals surface area contributed by atoms with E-state index >= 15 is 0 Å². The lowest BCUT2D eigenvalue weighted by Crippen LogP contribution is -2.47. The second kappa shape index (κ2) is 7.11. The Hall–Kier alpha value is -3.00. The lowest BCUT2D eigenvalue weighted by atomic mass is 10.0. The fourth-order valence-electron chi connectivity index (χ4n) is 3.71. The minimum absolute atomic E-state index is 0.0471. The van der Waals surface area contributed by atoms with Crippen LogP contribution in [0.15, 0.2) is 59.4 Å². The van der Waals surface area contributed by atoms with Gasteiger partial charge in [0.2, 0.25) is 0 Å². The maximum absolute atomic E-state index is 13.1. The predicted octanol–water partition coefficient (Wildman–Crippen LogP) is 1.75. The van der Waals surface area contributed by atoms with Crippen molar-refractivity contribution in [3.05, 3.63) is 76.2 Å². The molecule has 0 radical (unpaired) electrons. The first kappa shape index (κ1) is 19.3. The van der Waals surface area contributed by atoms with Crippen molar-refractivity contribution in [3.8, 4) is 0 Å². The van der Waals surface area contributed by atoms with Gasteiger partial charge in [0.15, 0.2) is 15.5 Å². The van der Waals surface area contributed by atoms with Crippen LogP contribution < -0.4 is 10.9 Å². The molecule has 1 aliphatic heterocycles. The molecule has 3 aromatic rings. The fraction of sp³-hybridized carbons (Fsp3) is 0.286. The Balaban J connectivity index is 1.76. The highest BCUT2D eigenvalue weighted by Crippen LogP contribution is 2.24. The largest absolute Gasteiger partial charge is 0.344 e. The van der Waals surface area contributed by atoms with E-state index in [2.05, 4.69) is 10.4 Å². The van der Waals surface area contributed by atoms with Crippen LogP contribution >= 0.6 is 0 Å². The topological polar surface area (TPSA) is 98.1 Å². The monoisotopic (exact) mass is 411 g/mol. The Kier molecular flexibility index (Phi) is 4.74. The molecule has 0 unspecified atom stereocenters. The van der Waals surface area contributed by atoms with Crippen molar-refractivity contribution >= 4 is 26.5 Å². The number of amides is 1. The first-order valence-electron chi connectivity index (χ1n) is 9.33. The van der Waals surface area contributed by atoms with Crippen LogP contribution in [-0.2, 0) is 16.4 Å². The molecule has 2 aromatic carbocycles. The molecular weight excluding hydrogens is 390 g/mol. The average Bonchev–Trinajstić information content (AvgIpc) is 2.97. The van der Waals surface area contributed by atoms with E-state index in [0.29, 0.717) is 17.2 Å². The molecule has 0 aliphatic carbocycles. The van der Waals surface area contributed by atoms with E-state index in [9.17, 15) is 18.0 Å². The molecule has 1 N–H and O–H groups in total. The molecule has 1 aromatic heterocycles. The molecule has 150 valence electrons. The van der Waals surface area contributed by atoms with Gasteiger partial charge in [-0.3, -0.25) is 9.59 Å². The number of fused-ring (bicyclic) bond motifs is 1. The number of nitrogens with zero attached hydrogens (tertiary/aromatic N) is 2. The Morgan fingerprint density at radius 3 is 2.41 bits per heavy atom. The molecule has 2 heterocycles. The van der Waals surface area contributed by atoms with Crippen LogP contribution in [0.4, 0.5) is 0 Å². The number of carbonyl (C=O) groups excluding carboxylic acids is 1. The van der Waals surface area contributed by atoms with Crippen LogP contribution in [0.5, 0.6) is 0 Å². The third kappa shape index (κ3) is 3.93. The Bertz CT molecular complexity index is 1250. The highest BCUT2D eigenvalue weighted by atomic mass is 32.2. The molecule has 7 nitrogen and oxygen atoms in total. The molecule has 0 bridgehead atoms. The standard InChI is InChI=1S/C21H21N3O4S/c1-21(11-12-29(27,28)14-21)22-19(25)18-16-9-5-6-10-17(16)20(26)24(23-18)13-15-7-3-2-4-8-15/h2-10H,11-14H2,1H3,(H,22,25)/t21-/m0/s1. The van der Waals surface area contributed by atoms with Crippen LogP contribution in [0.1, 0.15) is 29.4 Å². The Morgan fingerprint density at radius 2 is 1.76 bits per heavy atom. The first-order chi connectivity index (χ1) is 13.8. The summed E-state index contributed by atoms with van der Waals surface area (Å²) in [6.07, 6.45) is 0.350. The van der Waals surface area contributed by atoms with Gasteiger partial charge in [-0.25, -0.2) is 13.1 Å². The van der Waals surface area contributed by atoms with E-state index in [1.54, 1.807) is 31.2 Å². The van der Waals surface area contributed by atoms with E-state index in [0.717, 1.165) is 5.56 Å². The molecule has 29 heavy (non-hydrogen) atoms. The van der Waals surface area contributed by atoms with Gasteiger partial charge in [0.25, 0.3) is 11.5 Å².